The molecule has 0 heterocycles. The van der Waals surface area contributed by atoms with E-state index in [-0.39, 0.29) is 18.5 Å². The Morgan fingerprint density at radius 1 is 0.409 bits per heavy atom. The van der Waals surface area contributed by atoms with Gasteiger partial charge in [0.15, 0.2) is 0 Å². The third kappa shape index (κ3) is 52.0. The summed E-state index contributed by atoms with van der Waals surface area (Å²) in [5.41, 5.74) is 0. The highest BCUT2D eigenvalue weighted by molar-refractivity contribution is 5.76. The Labute approximate surface area is 412 Å². The van der Waals surface area contributed by atoms with E-state index in [0.29, 0.717) is 19.4 Å². The van der Waals surface area contributed by atoms with Crippen molar-refractivity contribution in [2.75, 3.05) is 13.2 Å². The quantitative estimate of drug-likeness (QED) is 0.0321. The minimum Gasteiger partial charge on any atom is -0.466 e. The van der Waals surface area contributed by atoms with Gasteiger partial charge in [-0.25, -0.2) is 0 Å². The first-order valence-electron chi connectivity index (χ1n) is 30.0. The molecule has 0 aliphatic carbocycles. The van der Waals surface area contributed by atoms with Gasteiger partial charge in [0.2, 0.25) is 5.91 Å². The maximum absolute atomic E-state index is 12.4. The summed E-state index contributed by atoms with van der Waals surface area (Å²) < 4.78 is 5.49. The Bertz CT molecular complexity index is 986. The molecule has 0 radical (unpaired) electrons. The monoisotopic (exact) mass is 932 g/mol. The molecule has 2 atom stereocenters. The standard InChI is InChI=1S/C60H117NO5/c1-3-5-7-9-11-13-15-16-17-27-30-34-38-42-46-50-54-60(65)66-55-51-47-43-39-35-31-28-25-23-21-19-18-20-22-24-26-29-33-37-41-45-49-53-59(64)61-57(56-62)58(63)52-48-44-40-36-32-14-12-10-8-6-4-2/h48,52,57-58,62-63H,3-47,49-51,53-56H2,1-2H3,(H,61,64)/b52-48+. The first kappa shape index (κ1) is 64.6. The van der Waals surface area contributed by atoms with Crippen LogP contribution in [-0.4, -0.2) is 47.4 Å². The number of carbonyl (C=O) groups excluding carboxylic acids is 2. The minimum atomic E-state index is -0.842. The molecule has 0 bridgehead atoms. The minimum absolute atomic E-state index is 0.0165. The average molecular weight is 933 g/mol. The van der Waals surface area contributed by atoms with E-state index in [0.717, 1.165) is 38.5 Å². The molecule has 6 nitrogen and oxygen atoms in total. The maximum Gasteiger partial charge on any atom is 0.305 e. The summed E-state index contributed by atoms with van der Waals surface area (Å²) >= 11 is 0. The summed E-state index contributed by atoms with van der Waals surface area (Å²) in [6, 6.07) is -0.625. The first-order chi connectivity index (χ1) is 32.5. The van der Waals surface area contributed by atoms with Crippen LogP contribution >= 0.6 is 0 Å². The number of aliphatic hydroxyl groups excluding tert-OH is 2. The van der Waals surface area contributed by atoms with E-state index in [1.165, 1.54) is 270 Å². The van der Waals surface area contributed by atoms with Crippen LogP contribution in [0.3, 0.4) is 0 Å². The number of amides is 1. The molecular weight excluding hydrogens is 815 g/mol. The Kier molecular flexibility index (Phi) is 55.0. The zero-order valence-corrected chi connectivity index (χ0v) is 44.7. The third-order valence-electron chi connectivity index (χ3n) is 14.1. The van der Waals surface area contributed by atoms with Gasteiger partial charge in [-0.15, -0.1) is 0 Å². The Hall–Kier alpha value is -1.40. The molecule has 0 spiro atoms. The van der Waals surface area contributed by atoms with Crippen molar-refractivity contribution in [1.29, 1.82) is 0 Å². The lowest BCUT2D eigenvalue weighted by atomic mass is 10.0. The highest BCUT2D eigenvalue weighted by Gasteiger charge is 2.18. The van der Waals surface area contributed by atoms with Gasteiger partial charge in [-0.2, -0.15) is 0 Å². The number of hydrogen-bond acceptors (Lipinski definition) is 5. The fourth-order valence-electron chi connectivity index (χ4n) is 9.46. The lowest BCUT2D eigenvalue weighted by Gasteiger charge is -2.20. The molecule has 392 valence electrons. The number of unbranched alkanes of at least 4 members (excludes halogenated alkanes) is 45. The van der Waals surface area contributed by atoms with E-state index < -0.39 is 12.1 Å². The van der Waals surface area contributed by atoms with E-state index >= 15 is 0 Å². The van der Waals surface area contributed by atoms with Gasteiger partial charge >= 0.3 is 5.97 Å². The zero-order valence-electron chi connectivity index (χ0n) is 44.7. The second-order valence-electron chi connectivity index (χ2n) is 20.7. The van der Waals surface area contributed by atoms with Crippen LogP contribution < -0.4 is 5.32 Å². The lowest BCUT2D eigenvalue weighted by molar-refractivity contribution is -0.143. The van der Waals surface area contributed by atoms with Gasteiger partial charge in [-0.3, -0.25) is 9.59 Å². The summed E-state index contributed by atoms with van der Waals surface area (Å²) in [4.78, 5) is 24.5. The van der Waals surface area contributed by atoms with Gasteiger partial charge in [-0.1, -0.05) is 302 Å². The van der Waals surface area contributed by atoms with Crippen molar-refractivity contribution in [1.82, 2.24) is 5.32 Å². The van der Waals surface area contributed by atoms with Crippen molar-refractivity contribution in [3.05, 3.63) is 12.2 Å². The van der Waals surface area contributed by atoms with Crippen molar-refractivity contribution in [3.8, 4) is 0 Å². The predicted molar refractivity (Wildman–Crippen MR) is 287 cm³/mol. The van der Waals surface area contributed by atoms with Crippen LogP contribution in [0.5, 0.6) is 0 Å². The normalized spacial score (nSPS) is 12.6. The molecular formula is C60H117NO5. The molecule has 0 saturated heterocycles. The number of esters is 1. The van der Waals surface area contributed by atoms with Crippen molar-refractivity contribution in [3.63, 3.8) is 0 Å². The lowest BCUT2D eigenvalue weighted by Crippen LogP contribution is -2.45. The fraction of sp³-hybridized carbons (Fsp3) is 0.933. The Balaban J connectivity index is 3.35. The highest BCUT2D eigenvalue weighted by Crippen LogP contribution is 2.18. The molecule has 0 rings (SSSR count). The predicted octanol–water partition coefficient (Wildman–Crippen LogP) is 18.5. The zero-order chi connectivity index (χ0) is 47.9. The van der Waals surface area contributed by atoms with Crippen LogP contribution in [0, 0.1) is 0 Å². The third-order valence-corrected chi connectivity index (χ3v) is 14.1. The number of allylic oxidation sites excluding steroid dienone is 1. The average Bonchev–Trinajstić information content (AvgIpc) is 3.32. The molecule has 2 unspecified atom stereocenters. The second-order valence-corrected chi connectivity index (χ2v) is 20.7. The van der Waals surface area contributed by atoms with Gasteiger partial charge in [0.05, 0.1) is 25.4 Å². The van der Waals surface area contributed by atoms with Crippen LogP contribution in [0.25, 0.3) is 0 Å². The topological polar surface area (TPSA) is 95.9 Å². The molecule has 0 aliphatic heterocycles. The van der Waals surface area contributed by atoms with E-state index in [1.807, 2.05) is 6.08 Å². The molecule has 0 aromatic heterocycles. The first-order valence-corrected chi connectivity index (χ1v) is 30.0. The SMILES string of the molecule is CCCCCCCCCCC/C=C/C(O)C(CO)NC(=O)CCCCCCCCCCCCCCCCCCCCCCCCOC(=O)CCCCCCCCCCCCCCCCCC. The summed E-state index contributed by atoms with van der Waals surface area (Å²) in [5, 5.41) is 23.0. The molecule has 1 amide bonds. The molecule has 0 aromatic carbocycles. The number of carbonyl (C=O) groups is 2. The summed E-state index contributed by atoms with van der Waals surface area (Å²) in [7, 11) is 0. The maximum atomic E-state index is 12.4. The van der Waals surface area contributed by atoms with Crippen LogP contribution in [0.2, 0.25) is 0 Å². The van der Waals surface area contributed by atoms with Gasteiger partial charge in [0.1, 0.15) is 0 Å². The Morgan fingerprint density at radius 2 is 0.697 bits per heavy atom. The van der Waals surface area contributed by atoms with E-state index in [2.05, 4.69) is 19.2 Å². The number of ether oxygens (including phenoxy) is 1. The van der Waals surface area contributed by atoms with Crippen LogP contribution in [-0.2, 0) is 14.3 Å². The number of rotatable bonds is 56. The van der Waals surface area contributed by atoms with Crippen LogP contribution in [0.4, 0.5) is 0 Å². The van der Waals surface area contributed by atoms with Crippen molar-refractivity contribution < 1.29 is 24.5 Å². The summed E-state index contributed by atoms with van der Waals surface area (Å²) in [6.07, 6.45) is 66.8. The summed E-state index contributed by atoms with van der Waals surface area (Å²) in [5.74, 6) is -0.0515. The van der Waals surface area contributed by atoms with Crippen molar-refractivity contribution in [2.24, 2.45) is 0 Å². The van der Waals surface area contributed by atoms with Crippen LogP contribution in [0.15, 0.2) is 12.2 Å². The second kappa shape index (κ2) is 56.2. The number of aliphatic hydroxyl groups is 2. The molecule has 0 aromatic rings. The largest absolute Gasteiger partial charge is 0.466 e. The van der Waals surface area contributed by atoms with Gasteiger partial charge < -0.3 is 20.3 Å². The van der Waals surface area contributed by atoms with E-state index in [4.69, 9.17) is 4.74 Å². The molecule has 6 heteroatoms. The van der Waals surface area contributed by atoms with Gasteiger partial charge in [0.25, 0.3) is 0 Å². The van der Waals surface area contributed by atoms with E-state index in [1.54, 1.807) is 6.08 Å². The number of nitrogens with one attached hydrogen (secondary N) is 1. The van der Waals surface area contributed by atoms with Crippen LogP contribution in [0.1, 0.15) is 335 Å². The summed E-state index contributed by atoms with van der Waals surface area (Å²) in [6.45, 7) is 4.91. The smallest absolute Gasteiger partial charge is 0.305 e. The van der Waals surface area contributed by atoms with Crippen molar-refractivity contribution >= 4 is 11.9 Å². The number of hydrogen-bond donors (Lipinski definition) is 3. The van der Waals surface area contributed by atoms with Gasteiger partial charge in [0, 0.05) is 12.8 Å². The highest BCUT2D eigenvalue weighted by atomic mass is 16.5. The Morgan fingerprint density at radius 3 is 1.03 bits per heavy atom. The van der Waals surface area contributed by atoms with Crippen molar-refractivity contribution in [2.45, 2.75) is 347 Å². The van der Waals surface area contributed by atoms with E-state index in [9.17, 15) is 19.8 Å². The molecule has 66 heavy (non-hydrogen) atoms. The molecule has 3 N–H and O–H groups in total. The van der Waals surface area contributed by atoms with Gasteiger partial charge in [-0.05, 0) is 32.1 Å². The fourth-order valence-corrected chi connectivity index (χ4v) is 9.46. The molecule has 0 aliphatic rings. The molecule has 0 fully saturated rings. The molecule has 0 saturated carbocycles.